The molecule has 0 radical (unpaired) electrons. The van der Waals surface area contributed by atoms with Crippen LogP contribution in [0.5, 0.6) is 0 Å². The summed E-state index contributed by atoms with van der Waals surface area (Å²) in [5, 5.41) is 14.7. The number of carboxylic acid groups (broad SMARTS) is 1. The predicted octanol–water partition coefficient (Wildman–Crippen LogP) is 2.91. The van der Waals surface area contributed by atoms with Crippen LogP contribution in [-0.2, 0) is 0 Å². The van der Waals surface area contributed by atoms with Crippen LogP contribution in [0.3, 0.4) is 0 Å². The maximum atomic E-state index is 11.3. The van der Waals surface area contributed by atoms with Crippen molar-refractivity contribution >= 4 is 28.3 Å². The number of anilines is 2. The van der Waals surface area contributed by atoms with Gasteiger partial charge in [-0.05, 0) is 32.4 Å². The van der Waals surface area contributed by atoms with E-state index >= 15 is 0 Å². The van der Waals surface area contributed by atoms with Crippen LogP contribution in [0.1, 0.15) is 27.3 Å². The van der Waals surface area contributed by atoms with Gasteiger partial charge >= 0.3 is 5.97 Å². The molecule has 6 heteroatoms. The molecule has 2 rings (SSSR count). The fraction of sp³-hybridized carbons (Fsp3) is 0.250. The third kappa shape index (κ3) is 2.48. The number of rotatable bonds is 3. The second-order valence-electron chi connectivity index (χ2n) is 4.03. The second-order valence-corrected chi connectivity index (χ2v) is 4.89. The van der Waals surface area contributed by atoms with Crippen molar-refractivity contribution in [2.45, 2.75) is 20.8 Å². The SMILES string of the molecule is Cc1csc(Nc2nc(C)cc(C)c2C(=O)O)n1. The first-order valence-electron chi connectivity index (χ1n) is 5.38. The number of aromatic carboxylic acids is 1. The third-order valence-corrected chi connectivity index (χ3v) is 3.28. The number of thiazole rings is 1. The van der Waals surface area contributed by atoms with Crippen LogP contribution in [0.15, 0.2) is 11.4 Å². The quantitative estimate of drug-likeness (QED) is 0.890. The molecule has 0 spiro atoms. The Kier molecular flexibility index (Phi) is 3.29. The lowest BCUT2D eigenvalue weighted by Crippen LogP contribution is -2.08. The third-order valence-electron chi connectivity index (χ3n) is 2.40. The van der Waals surface area contributed by atoms with Crippen LogP contribution in [-0.4, -0.2) is 21.0 Å². The van der Waals surface area contributed by atoms with Crippen LogP contribution in [0.2, 0.25) is 0 Å². The van der Waals surface area contributed by atoms with Crippen LogP contribution >= 0.6 is 11.3 Å². The Hall–Kier alpha value is -1.95. The van der Waals surface area contributed by atoms with E-state index in [2.05, 4.69) is 15.3 Å². The Balaban J connectivity index is 2.45. The maximum Gasteiger partial charge on any atom is 0.339 e. The van der Waals surface area contributed by atoms with Crippen molar-refractivity contribution in [3.63, 3.8) is 0 Å². The van der Waals surface area contributed by atoms with E-state index in [9.17, 15) is 9.90 Å². The van der Waals surface area contributed by atoms with Gasteiger partial charge in [0.05, 0.1) is 5.69 Å². The molecule has 2 aromatic rings. The van der Waals surface area contributed by atoms with Gasteiger partial charge in [0.25, 0.3) is 0 Å². The molecule has 2 heterocycles. The summed E-state index contributed by atoms with van der Waals surface area (Å²) in [6, 6.07) is 1.75. The lowest BCUT2D eigenvalue weighted by atomic mass is 10.1. The second kappa shape index (κ2) is 4.73. The highest BCUT2D eigenvalue weighted by atomic mass is 32.1. The number of aryl methyl sites for hydroxylation is 3. The molecule has 5 nitrogen and oxygen atoms in total. The van der Waals surface area contributed by atoms with Crippen molar-refractivity contribution in [1.29, 1.82) is 0 Å². The largest absolute Gasteiger partial charge is 0.478 e. The molecular weight excluding hydrogens is 250 g/mol. The lowest BCUT2D eigenvalue weighted by molar-refractivity contribution is 0.0697. The smallest absolute Gasteiger partial charge is 0.339 e. The first-order chi connectivity index (χ1) is 8.47. The lowest BCUT2D eigenvalue weighted by Gasteiger charge is -2.09. The molecule has 0 aliphatic carbocycles. The number of hydrogen-bond donors (Lipinski definition) is 2. The van der Waals surface area contributed by atoms with Gasteiger partial charge in [0.15, 0.2) is 5.13 Å². The number of carbonyl (C=O) groups is 1. The van der Waals surface area contributed by atoms with Gasteiger partial charge in [-0.2, -0.15) is 0 Å². The van der Waals surface area contributed by atoms with Gasteiger partial charge in [0.1, 0.15) is 11.4 Å². The van der Waals surface area contributed by atoms with Crippen molar-refractivity contribution in [1.82, 2.24) is 9.97 Å². The van der Waals surface area contributed by atoms with Gasteiger partial charge in [-0.15, -0.1) is 11.3 Å². The minimum Gasteiger partial charge on any atom is -0.478 e. The Morgan fingerprint density at radius 1 is 1.28 bits per heavy atom. The summed E-state index contributed by atoms with van der Waals surface area (Å²) in [4.78, 5) is 19.7. The van der Waals surface area contributed by atoms with Crippen LogP contribution in [0.25, 0.3) is 0 Å². The minimum absolute atomic E-state index is 0.188. The zero-order chi connectivity index (χ0) is 13.3. The Morgan fingerprint density at radius 2 is 2.00 bits per heavy atom. The summed E-state index contributed by atoms with van der Waals surface area (Å²) in [6.07, 6.45) is 0. The van der Waals surface area contributed by atoms with Crippen LogP contribution < -0.4 is 5.32 Å². The fourth-order valence-electron chi connectivity index (χ4n) is 1.71. The van der Waals surface area contributed by atoms with E-state index in [0.717, 1.165) is 11.4 Å². The van der Waals surface area contributed by atoms with Gasteiger partial charge in [-0.1, -0.05) is 0 Å². The number of nitrogens with one attached hydrogen (secondary N) is 1. The maximum absolute atomic E-state index is 11.3. The average molecular weight is 263 g/mol. The molecule has 0 atom stereocenters. The zero-order valence-electron chi connectivity index (χ0n) is 10.3. The number of carboxylic acids is 1. The fourth-order valence-corrected chi connectivity index (χ4v) is 2.40. The molecular formula is C12H13N3O2S. The predicted molar refractivity (Wildman–Crippen MR) is 70.8 cm³/mol. The van der Waals surface area contributed by atoms with Gasteiger partial charge in [-0.3, -0.25) is 0 Å². The molecule has 94 valence electrons. The number of nitrogens with zero attached hydrogens (tertiary/aromatic N) is 2. The van der Waals surface area contributed by atoms with Gasteiger partial charge in [0, 0.05) is 11.1 Å². The molecule has 0 amide bonds. The highest BCUT2D eigenvalue weighted by Gasteiger charge is 2.16. The number of aromatic nitrogens is 2. The summed E-state index contributed by atoms with van der Waals surface area (Å²) in [6.45, 7) is 5.47. The molecule has 0 aromatic carbocycles. The number of pyridine rings is 1. The van der Waals surface area contributed by atoms with E-state index in [-0.39, 0.29) is 5.56 Å². The topological polar surface area (TPSA) is 75.1 Å². The normalized spacial score (nSPS) is 10.4. The monoisotopic (exact) mass is 263 g/mol. The van der Waals surface area contributed by atoms with Crippen molar-refractivity contribution < 1.29 is 9.90 Å². The molecule has 18 heavy (non-hydrogen) atoms. The molecule has 0 fully saturated rings. The molecule has 0 unspecified atom stereocenters. The van der Waals surface area contributed by atoms with E-state index in [1.54, 1.807) is 13.0 Å². The Bertz CT molecular complexity index is 607. The van der Waals surface area contributed by atoms with Crippen molar-refractivity contribution in [3.8, 4) is 0 Å². The summed E-state index contributed by atoms with van der Waals surface area (Å²) in [5.74, 6) is -0.648. The standard InChI is InChI=1S/C12H13N3O2S/c1-6-4-7(2)13-10(9(6)11(16)17)15-12-14-8(3)5-18-12/h4-5H,1-3H3,(H,16,17)(H,13,14,15). The highest BCUT2D eigenvalue weighted by Crippen LogP contribution is 2.24. The molecule has 2 aromatic heterocycles. The van der Waals surface area contributed by atoms with Crippen LogP contribution in [0.4, 0.5) is 10.9 Å². The molecule has 0 aliphatic rings. The van der Waals surface area contributed by atoms with E-state index in [4.69, 9.17) is 0 Å². The van der Waals surface area contributed by atoms with Crippen molar-refractivity contribution in [3.05, 3.63) is 34.0 Å². The van der Waals surface area contributed by atoms with E-state index in [1.807, 2.05) is 19.2 Å². The highest BCUT2D eigenvalue weighted by molar-refractivity contribution is 7.13. The van der Waals surface area contributed by atoms with Gasteiger partial charge in [0.2, 0.25) is 0 Å². The first-order valence-corrected chi connectivity index (χ1v) is 6.26. The first kappa shape index (κ1) is 12.5. The van der Waals surface area contributed by atoms with Crippen molar-refractivity contribution in [2.75, 3.05) is 5.32 Å². The molecule has 0 saturated heterocycles. The van der Waals surface area contributed by atoms with Crippen LogP contribution in [0, 0.1) is 20.8 Å². The number of hydrogen-bond acceptors (Lipinski definition) is 5. The molecule has 0 bridgehead atoms. The van der Waals surface area contributed by atoms with Gasteiger partial charge in [-0.25, -0.2) is 14.8 Å². The molecule has 2 N–H and O–H groups in total. The summed E-state index contributed by atoms with van der Waals surface area (Å²) >= 11 is 1.42. The Morgan fingerprint density at radius 3 is 2.56 bits per heavy atom. The Labute approximate surface area is 109 Å². The minimum atomic E-state index is -0.990. The summed E-state index contributed by atoms with van der Waals surface area (Å²) in [7, 11) is 0. The van der Waals surface area contributed by atoms with Crippen molar-refractivity contribution in [2.24, 2.45) is 0 Å². The van der Waals surface area contributed by atoms with E-state index in [0.29, 0.717) is 16.5 Å². The van der Waals surface area contributed by atoms with Gasteiger partial charge < -0.3 is 10.4 Å². The molecule has 0 saturated carbocycles. The average Bonchev–Trinajstić information content (AvgIpc) is 2.62. The van der Waals surface area contributed by atoms with E-state index < -0.39 is 5.97 Å². The summed E-state index contributed by atoms with van der Waals surface area (Å²) in [5.41, 5.74) is 2.54. The summed E-state index contributed by atoms with van der Waals surface area (Å²) < 4.78 is 0. The van der Waals surface area contributed by atoms with E-state index in [1.165, 1.54) is 11.3 Å². The molecule has 0 aliphatic heterocycles. The zero-order valence-corrected chi connectivity index (χ0v) is 11.1.